The molecule has 70 valence electrons. The summed E-state index contributed by atoms with van der Waals surface area (Å²) in [5.41, 5.74) is 1.80. The summed E-state index contributed by atoms with van der Waals surface area (Å²) in [6, 6.07) is 10.4. The molecule has 1 N–H and O–H groups in total. The van der Waals surface area contributed by atoms with E-state index in [1.807, 2.05) is 18.2 Å². The van der Waals surface area contributed by atoms with Crippen LogP contribution in [0, 0.1) is 17.2 Å². The van der Waals surface area contributed by atoms with Crippen LogP contribution in [0.2, 0.25) is 0 Å². The van der Waals surface area contributed by atoms with Crippen molar-refractivity contribution in [3.63, 3.8) is 0 Å². The Balaban J connectivity index is 2.10. The Hall–Kier alpha value is -1.33. The lowest BCUT2D eigenvalue weighted by atomic mass is 9.62. The Morgan fingerprint density at radius 3 is 3.00 bits per heavy atom. The van der Waals surface area contributed by atoms with Gasteiger partial charge in [0, 0.05) is 12.3 Å². The van der Waals surface area contributed by atoms with Crippen LogP contribution in [0.4, 0.5) is 0 Å². The van der Waals surface area contributed by atoms with Crippen molar-refractivity contribution in [3.05, 3.63) is 35.4 Å². The summed E-state index contributed by atoms with van der Waals surface area (Å²) in [6.45, 7) is 0. The number of nitrogens with zero attached hydrogens (tertiary/aromatic N) is 1. The molecule has 0 aromatic heterocycles. The molecule has 3 atom stereocenters. The summed E-state index contributed by atoms with van der Waals surface area (Å²) < 4.78 is 0. The second kappa shape index (κ2) is 2.37. The van der Waals surface area contributed by atoms with E-state index in [9.17, 15) is 5.11 Å². The highest BCUT2D eigenvalue weighted by Crippen LogP contribution is 2.57. The minimum Gasteiger partial charge on any atom is -0.389 e. The fraction of sp³-hybridized carbons (Fsp3) is 0.417. The van der Waals surface area contributed by atoms with Gasteiger partial charge in [0.1, 0.15) is 0 Å². The number of fused-ring (bicyclic) bond motifs is 3. The lowest BCUT2D eigenvalue weighted by molar-refractivity contribution is -0.0700. The molecule has 0 aliphatic heterocycles. The highest BCUT2D eigenvalue weighted by atomic mass is 16.3. The van der Waals surface area contributed by atoms with Crippen LogP contribution in [-0.2, 0) is 6.42 Å². The van der Waals surface area contributed by atoms with Crippen LogP contribution >= 0.6 is 0 Å². The van der Waals surface area contributed by atoms with E-state index in [0.717, 1.165) is 6.42 Å². The third kappa shape index (κ3) is 0.784. The van der Waals surface area contributed by atoms with E-state index in [-0.39, 0.29) is 11.8 Å². The van der Waals surface area contributed by atoms with Crippen LogP contribution in [0.25, 0.3) is 0 Å². The second-order valence-electron chi connectivity index (χ2n) is 4.40. The van der Waals surface area contributed by atoms with Crippen LogP contribution in [0.3, 0.4) is 0 Å². The van der Waals surface area contributed by atoms with E-state index < -0.39 is 5.60 Å². The summed E-state index contributed by atoms with van der Waals surface area (Å²) in [4.78, 5) is 0. The minimum absolute atomic E-state index is 0.0173. The van der Waals surface area contributed by atoms with Gasteiger partial charge in [0.2, 0.25) is 0 Å². The quantitative estimate of drug-likeness (QED) is 0.667. The van der Waals surface area contributed by atoms with Gasteiger partial charge in [0.15, 0.2) is 0 Å². The van der Waals surface area contributed by atoms with Gasteiger partial charge in [-0.3, -0.25) is 0 Å². The van der Waals surface area contributed by atoms with Crippen molar-refractivity contribution in [2.75, 3.05) is 0 Å². The number of nitriles is 1. The van der Waals surface area contributed by atoms with Gasteiger partial charge in [-0.2, -0.15) is 5.26 Å². The SMILES string of the molecule is N#C[C@@H]1C[C@]2(O)Cc3ccccc3[C@H]12. The van der Waals surface area contributed by atoms with Crippen molar-refractivity contribution < 1.29 is 5.11 Å². The van der Waals surface area contributed by atoms with Gasteiger partial charge in [0.05, 0.1) is 17.6 Å². The van der Waals surface area contributed by atoms with Crippen molar-refractivity contribution in [3.8, 4) is 6.07 Å². The maximum atomic E-state index is 10.2. The maximum Gasteiger partial charge on any atom is 0.0781 e. The Morgan fingerprint density at radius 1 is 1.43 bits per heavy atom. The molecular weight excluding hydrogens is 174 g/mol. The lowest BCUT2D eigenvalue weighted by Crippen LogP contribution is -2.49. The smallest absolute Gasteiger partial charge is 0.0781 e. The van der Waals surface area contributed by atoms with E-state index in [1.54, 1.807) is 0 Å². The molecule has 1 aromatic rings. The molecule has 14 heavy (non-hydrogen) atoms. The summed E-state index contributed by atoms with van der Waals surface area (Å²) in [7, 11) is 0. The molecule has 1 saturated carbocycles. The van der Waals surface area contributed by atoms with Gasteiger partial charge in [-0.15, -0.1) is 0 Å². The molecule has 2 nitrogen and oxygen atoms in total. The van der Waals surface area contributed by atoms with Crippen LogP contribution in [0.15, 0.2) is 24.3 Å². The predicted molar refractivity (Wildman–Crippen MR) is 51.6 cm³/mol. The molecule has 0 radical (unpaired) electrons. The summed E-state index contributed by atoms with van der Waals surface area (Å²) >= 11 is 0. The molecule has 2 aliphatic carbocycles. The molecule has 0 bridgehead atoms. The topological polar surface area (TPSA) is 44.0 Å². The summed E-state index contributed by atoms with van der Waals surface area (Å²) in [5, 5.41) is 19.1. The monoisotopic (exact) mass is 185 g/mol. The molecule has 0 unspecified atom stereocenters. The summed E-state index contributed by atoms with van der Waals surface area (Å²) in [5.74, 6) is 0.0901. The third-order valence-corrected chi connectivity index (χ3v) is 3.61. The number of benzene rings is 1. The Kier molecular flexibility index (Phi) is 1.36. The van der Waals surface area contributed by atoms with Gasteiger partial charge in [-0.25, -0.2) is 0 Å². The number of rotatable bonds is 0. The predicted octanol–water partition coefficient (Wildman–Crippen LogP) is 1.60. The lowest BCUT2D eigenvalue weighted by Gasteiger charge is -2.44. The third-order valence-electron chi connectivity index (χ3n) is 3.61. The molecule has 2 heteroatoms. The van der Waals surface area contributed by atoms with Crippen molar-refractivity contribution in [1.82, 2.24) is 0 Å². The van der Waals surface area contributed by atoms with E-state index >= 15 is 0 Å². The van der Waals surface area contributed by atoms with E-state index in [2.05, 4.69) is 12.1 Å². The Labute approximate surface area is 82.8 Å². The normalized spacial score (nSPS) is 38.0. The Morgan fingerprint density at radius 2 is 2.21 bits per heavy atom. The first-order valence-electron chi connectivity index (χ1n) is 4.94. The van der Waals surface area contributed by atoms with Crippen molar-refractivity contribution >= 4 is 0 Å². The number of aliphatic hydroxyl groups is 1. The van der Waals surface area contributed by atoms with Crippen LogP contribution in [-0.4, -0.2) is 10.7 Å². The molecule has 2 aliphatic rings. The zero-order valence-corrected chi connectivity index (χ0v) is 7.77. The van der Waals surface area contributed by atoms with E-state index in [0.29, 0.717) is 6.42 Å². The van der Waals surface area contributed by atoms with Gasteiger partial charge in [0.25, 0.3) is 0 Å². The molecule has 0 amide bonds. The highest BCUT2D eigenvalue weighted by molar-refractivity contribution is 5.45. The van der Waals surface area contributed by atoms with Crippen molar-refractivity contribution in [2.24, 2.45) is 5.92 Å². The Bertz CT molecular complexity index is 434. The van der Waals surface area contributed by atoms with Gasteiger partial charge in [-0.05, 0) is 17.5 Å². The molecule has 0 saturated heterocycles. The first kappa shape index (κ1) is 8.02. The largest absolute Gasteiger partial charge is 0.389 e. The first-order chi connectivity index (χ1) is 6.74. The highest BCUT2D eigenvalue weighted by Gasteiger charge is 2.57. The second-order valence-corrected chi connectivity index (χ2v) is 4.40. The minimum atomic E-state index is -0.607. The van der Waals surface area contributed by atoms with Crippen molar-refractivity contribution in [1.29, 1.82) is 5.26 Å². The average molecular weight is 185 g/mol. The van der Waals surface area contributed by atoms with Gasteiger partial charge < -0.3 is 5.11 Å². The summed E-state index contributed by atoms with van der Waals surface area (Å²) in [6.07, 6.45) is 1.37. The molecule has 3 rings (SSSR count). The average Bonchev–Trinajstić information content (AvgIpc) is 2.38. The fourth-order valence-electron chi connectivity index (χ4n) is 2.98. The molecule has 1 fully saturated rings. The first-order valence-corrected chi connectivity index (χ1v) is 4.94. The standard InChI is InChI=1S/C12H11NO/c13-7-9-6-12(14)5-8-3-1-2-4-10(8)11(9)12/h1-4,9,11,14H,5-6H2/t9-,11-,12+/m0/s1. The number of hydrogen-bond donors (Lipinski definition) is 1. The zero-order valence-electron chi connectivity index (χ0n) is 7.77. The van der Waals surface area contributed by atoms with Crippen molar-refractivity contribution in [2.45, 2.75) is 24.4 Å². The van der Waals surface area contributed by atoms with Gasteiger partial charge in [-0.1, -0.05) is 24.3 Å². The van der Waals surface area contributed by atoms with Crippen LogP contribution < -0.4 is 0 Å². The maximum absolute atomic E-state index is 10.2. The van der Waals surface area contributed by atoms with Crippen LogP contribution in [0.1, 0.15) is 23.5 Å². The van der Waals surface area contributed by atoms with Gasteiger partial charge >= 0.3 is 0 Å². The van der Waals surface area contributed by atoms with Crippen LogP contribution in [0.5, 0.6) is 0 Å². The van der Waals surface area contributed by atoms with E-state index in [4.69, 9.17) is 5.26 Å². The molecular formula is C12H11NO. The fourth-order valence-corrected chi connectivity index (χ4v) is 2.98. The molecule has 1 aromatic carbocycles. The molecule has 0 spiro atoms. The zero-order chi connectivity index (χ0) is 9.76. The molecule has 0 heterocycles. The number of hydrogen-bond acceptors (Lipinski definition) is 2. The van der Waals surface area contributed by atoms with E-state index in [1.165, 1.54) is 11.1 Å².